The van der Waals surface area contributed by atoms with Gasteiger partial charge in [-0.05, 0) is 25.0 Å². The molecule has 22 heavy (non-hydrogen) atoms. The number of halogens is 1. The third-order valence-electron chi connectivity index (χ3n) is 3.65. The van der Waals surface area contributed by atoms with Gasteiger partial charge in [0.15, 0.2) is 5.82 Å². The summed E-state index contributed by atoms with van der Waals surface area (Å²) in [6, 6.07) is 6.69. The van der Waals surface area contributed by atoms with Crippen LogP contribution in [-0.2, 0) is 4.79 Å². The fraction of sp³-hybridized carbons (Fsp3) is 0.400. The summed E-state index contributed by atoms with van der Waals surface area (Å²) in [5, 5.41) is 10.2. The standard InChI is InChI=1S/C15H17FN4OS/c16-12-8-4-3-7-11(12)14-18-15(20-19-14)22-9-13(21)17-10-5-1-2-6-10/h3-4,7-8,10H,1-2,5-6,9H2,(H,17,21)(H,18,19,20). The van der Waals surface area contributed by atoms with Crippen molar-refractivity contribution in [3.05, 3.63) is 30.1 Å². The smallest absolute Gasteiger partial charge is 0.230 e. The van der Waals surface area contributed by atoms with Gasteiger partial charge in [-0.2, -0.15) is 0 Å². The van der Waals surface area contributed by atoms with E-state index in [1.165, 1.54) is 30.7 Å². The molecule has 1 fully saturated rings. The molecule has 0 aliphatic heterocycles. The Hall–Kier alpha value is -1.89. The van der Waals surface area contributed by atoms with E-state index >= 15 is 0 Å². The average molecular weight is 320 g/mol. The SMILES string of the molecule is O=C(CSc1n[nH]c(-c2ccccc2F)n1)NC1CCCC1. The van der Waals surface area contributed by atoms with Crippen molar-refractivity contribution in [2.24, 2.45) is 0 Å². The van der Waals surface area contributed by atoms with Gasteiger partial charge in [0, 0.05) is 6.04 Å². The molecule has 0 radical (unpaired) electrons. The summed E-state index contributed by atoms with van der Waals surface area (Å²) in [6.45, 7) is 0. The van der Waals surface area contributed by atoms with Gasteiger partial charge in [0.05, 0.1) is 11.3 Å². The number of carbonyl (C=O) groups excluding carboxylic acids is 1. The third kappa shape index (κ3) is 3.65. The van der Waals surface area contributed by atoms with E-state index in [0.29, 0.717) is 22.6 Å². The number of nitrogens with one attached hydrogen (secondary N) is 2. The second-order valence-electron chi connectivity index (χ2n) is 5.28. The van der Waals surface area contributed by atoms with Gasteiger partial charge in [-0.25, -0.2) is 9.37 Å². The van der Waals surface area contributed by atoms with Gasteiger partial charge in [-0.1, -0.05) is 36.7 Å². The van der Waals surface area contributed by atoms with E-state index in [2.05, 4.69) is 20.5 Å². The van der Waals surface area contributed by atoms with Crippen LogP contribution >= 0.6 is 11.8 Å². The molecule has 0 atom stereocenters. The van der Waals surface area contributed by atoms with Crippen LogP contribution in [0, 0.1) is 5.82 Å². The first-order valence-electron chi connectivity index (χ1n) is 7.32. The lowest BCUT2D eigenvalue weighted by Crippen LogP contribution is -2.33. The van der Waals surface area contributed by atoms with Gasteiger partial charge < -0.3 is 5.32 Å². The van der Waals surface area contributed by atoms with Crippen molar-refractivity contribution in [2.45, 2.75) is 36.9 Å². The number of amides is 1. The molecule has 0 saturated heterocycles. The molecule has 2 N–H and O–H groups in total. The summed E-state index contributed by atoms with van der Waals surface area (Å²) >= 11 is 1.25. The molecule has 0 unspecified atom stereocenters. The fourth-order valence-corrected chi connectivity index (χ4v) is 3.16. The molecular weight excluding hydrogens is 303 g/mol. The number of aromatic amines is 1. The number of benzene rings is 1. The molecule has 3 rings (SSSR count). The molecule has 1 aliphatic carbocycles. The Morgan fingerprint density at radius 3 is 2.91 bits per heavy atom. The van der Waals surface area contributed by atoms with E-state index < -0.39 is 0 Å². The molecule has 116 valence electrons. The topological polar surface area (TPSA) is 70.7 Å². The first-order valence-corrected chi connectivity index (χ1v) is 8.30. The number of hydrogen-bond acceptors (Lipinski definition) is 4. The Balaban J connectivity index is 1.55. The van der Waals surface area contributed by atoms with Gasteiger partial charge in [0.25, 0.3) is 0 Å². The molecule has 0 spiro atoms. The fourth-order valence-electron chi connectivity index (χ4n) is 2.55. The Kier molecular flexibility index (Phi) is 4.72. The first kappa shape index (κ1) is 15.0. The van der Waals surface area contributed by atoms with Crippen molar-refractivity contribution < 1.29 is 9.18 Å². The molecule has 2 aromatic rings. The minimum absolute atomic E-state index is 0.00542. The van der Waals surface area contributed by atoms with E-state index in [4.69, 9.17) is 0 Å². The lowest BCUT2D eigenvalue weighted by Gasteiger charge is -2.10. The van der Waals surface area contributed by atoms with Crippen molar-refractivity contribution in [2.75, 3.05) is 5.75 Å². The Labute approximate surface area is 132 Å². The molecule has 7 heteroatoms. The summed E-state index contributed by atoms with van der Waals surface area (Å²) in [5.41, 5.74) is 0.372. The Morgan fingerprint density at radius 1 is 1.36 bits per heavy atom. The van der Waals surface area contributed by atoms with Crippen LogP contribution in [0.4, 0.5) is 4.39 Å². The molecule has 1 aromatic carbocycles. The Bertz CT molecular complexity index is 654. The monoisotopic (exact) mass is 320 g/mol. The van der Waals surface area contributed by atoms with Crippen LogP contribution in [-0.4, -0.2) is 32.9 Å². The number of H-pyrrole nitrogens is 1. The maximum absolute atomic E-state index is 13.7. The quantitative estimate of drug-likeness (QED) is 0.831. The average Bonchev–Trinajstić information content (AvgIpc) is 3.17. The first-order chi connectivity index (χ1) is 10.7. The molecule has 1 aliphatic rings. The summed E-state index contributed by atoms with van der Waals surface area (Å²) in [6.07, 6.45) is 4.50. The van der Waals surface area contributed by atoms with Crippen LogP contribution in [0.5, 0.6) is 0 Å². The summed E-state index contributed by atoms with van der Waals surface area (Å²) in [7, 11) is 0. The van der Waals surface area contributed by atoms with Crippen molar-refractivity contribution in [1.82, 2.24) is 20.5 Å². The highest BCUT2D eigenvalue weighted by molar-refractivity contribution is 7.99. The zero-order valence-corrected chi connectivity index (χ0v) is 12.8. The van der Waals surface area contributed by atoms with E-state index in [1.54, 1.807) is 18.2 Å². The predicted molar refractivity (Wildman–Crippen MR) is 82.9 cm³/mol. The van der Waals surface area contributed by atoms with Crippen LogP contribution in [0.2, 0.25) is 0 Å². The highest BCUT2D eigenvalue weighted by Crippen LogP contribution is 2.22. The largest absolute Gasteiger partial charge is 0.353 e. The maximum atomic E-state index is 13.7. The number of aromatic nitrogens is 3. The molecular formula is C15H17FN4OS. The normalized spacial score (nSPS) is 15.1. The minimum atomic E-state index is -0.353. The van der Waals surface area contributed by atoms with Gasteiger partial charge in [0.1, 0.15) is 5.82 Å². The molecule has 1 aromatic heterocycles. The van der Waals surface area contributed by atoms with Crippen LogP contribution in [0.3, 0.4) is 0 Å². The van der Waals surface area contributed by atoms with Gasteiger partial charge in [-0.3, -0.25) is 9.89 Å². The number of thioether (sulfide) groups is 1. The number of rotatable bonds is 5. The number of carbonyl (C=O) groups is 1. The lowest BCUT2D eigenvalue weighted by molar-refractivity contribution is -0.119. The van der Waals surface area contributed by atoms with E-state index in [1.807, 2.05) is 0 Å². The highest BCUT2D eigenvalue weighted by atomic mass is 32.2. The number of nitrogens with zero attached hydrogens (tertiary/aromatic N) is 2. The second-order valence-corrected chi connectivity index (χ2v) is 6.23. The van der Waals surface area contributed by atoms with Crippen molar-refractivity contribution in [3.8, 4) is 11.4 Å². The van der Waals surface area contributed by atoms with Crippen LogP contribution in [0.15, 0.2) is 29.4 Å². The molecule has 1 heterocycles. The van der Waals surface area contributed by atoms with Crippen molar-refractivity contribution >= 4 is 17.7 Å². The minimum Gasteiger partial charge on any atom is -0.353 e. The maximum Gasteiger partial charge on any atom is 0.230 e. The predicted octanol–water partition coefficient (Wildman–Crippen LogP) is 2.76. The summed E-state index contributed by atoms with van der Waals surface area (Å²) in [4.78, 5) is 16.1. The molecule has 0 bridgehead atoms. The van der Waals surface area contributed by atoms with Gasteiger partial charge in [0.2, 0.25) is 11.1 Å². The molecule has 1 amide bonds. The zero-order chi connectivity index (χ0) is 15.4. The molecule has 5 nitrogen and oxygen atoms in total. The lowest BCUT2D eigenvalue weighted by atomic mass is 10.2. The molecule has 1 saturated carbocycles. The number of hydrogen-bond donors (Lipinski definition) is 2. The van der Waals surface area contributed by atoms with Crippen LogP contribution in [0.1, 0.15) is 25.7 Å². The summed E-state index contributed by atoms with van der Waals surface area (Å²) < 4.78 is 13.7. The van der Waals surface area contributed by atoms with Crippen LogP contribution in [0.25, 0.3) is 11.4 Å². The van der Waals surface area contributed by atoms with Gasteiger partial charge in [-0.15, -0.1) is 5.10 Å². The Morgan fingerprint density at radius 2 is 2.14 bits per heavy atom. The zero-order valence-electron chi connectivity index (χ0n) is 12.0. The second kappa shape index (κ2) is 6.91. The van der Waals surface area contributed by atoms with Crippen molar-refractivity contribution in [1.29, 1.82) is 0 Å². The third-order valence-corrected chi connectivity index (χ3v) is 4.49. The van der Waals surface area contributed by atoms with E-state index in [-0.39, 0.29) is 17.5 Å². The van der Waals surface area contributed by atoms with Gasteiger partial charge >= 0.3 is 0 Å². The van der Waals surface area contributed by atoms with E-state index in [9.17, 15) is 9.18 Å². The summed E-state index contributed by atoms with van der Waals surface area (Å²) in [5.74, 6) is 0.283. The van der Waals surface area contributed by atoms with Crippen molar-refractivity contribution in [3.63, 3.8) is 0 Å². The highest BCUT2D eigenvalue weighted by Gasteiger charge is 2.17. The van der Waals surface area contributed by atoms with E-state index in [0.717, 1.165) is 12.8 Å². The van der Waals surface area contributed by atoms with Crippen LogP contribution < -0.4 is 5.32 Å².